The molecule has 0 aliphatic heterocycles. The molecule has 0 radical (unpaired) electrons. The van der Waals surface area contributed by atoms with Gasteiger partial charge in [-0.15, -0.1) is 0 Å². The highest BCUT2D eigenvalue weighted by Crippen LogP contribution is 2.36. The van der Waals surface area contributed by atoms with Gasteiger partial charge in [0.2, 0.25) is 5.88 Å². The third-order valence-corrected chi connectivity index (χ3v) is 3.02. The summed E-state index contributed by atoms with van der Waals surface area (Å²) in [7, 11) is 3.58. The fourth-order valence-corrected chi connectivity index (χ4v) is 2.13. The van der Waals surface area contributed by atoms with Gasteiger partial charge < -0.3 is 9.64 Å². The Morgan fingerprint density at radius 1 is 1.23 bits per heavy atom. The standard InChI is InChI=1S/C16H15N5O/c1-4-22-16-13(9-18)14(11-6-5-7-19-10-11)12(8-17)15(20-16)21(2)3/h5-7,10H,4H2,1-3H3. The predicted molar refractivity (Wildman–Crippen MR) is 82.4 cm³/mol. The van der Waals surface area contributed by atoms with Gasteiger partial charge in [0.1, 0.15) is 23.3 Å². The van der Waals surface area contributed by atoms with E-state index in [1.165, 1.54) is 0 Å². The van der Waals surface area contributed by atoms with E-state index in [0.29, 0.717) is 29.1 Å². The third kappa shape index (κ3) is 2.68. The Bertz CT molecular complexity index is 757. The molecule has 0 fully saturated rings. The maximum absolute atomic E-state index is 9.56. The number of ether oxygens (including phenoxy) is 1. The van der Waals surface area contributed by atoms with Crippen molar-refractivity contribution < 1.29 is 4.74 Å². The van der Waals surface area contributed by atoms with Crippen LogP contribution < -0.4 is 9.64 Å². The van der Waals surface area contributed by atoms with E-state index in [4.69, 9.17) is 4.74 Å². The molecule has 0 aliphatic carbocycles. The minimum absolute atomic E-state index is 0.228. The molecular weight excluding hydrogens is 278 g/mol. The van der Waals surface area contributed by atoms with Crippen molar-refractivity contribution in [3.8, 4) is 29.1 Å². The van der Waals surface area contributed by atoms with Gasteiger partial charge in [0.25, 0.3) is 0 Å². The average Bonchev–Trinajstić information content (AvgIpc) is 2.54. The minimum atomic E-state index is 0.228. The number of aromatic nitrogens is 2. The Hall–Kier alpha value is -3.12. The van der Waals surface area contributed by atoms with Crippen molar-refractivity contribution in [1.29, 1.82) is 10.5 Å². The monoisotopic (exact) mass is 293 g/mol. The summed E-state index contributed by atoms with van der Waals surface area (Å²) in [5.74, 6) is 0.690. The second-order valence-electron chi connectivity index (χ2n) is 4.66. The summed E-state index contributed by atoms with van der Waals surface area (Å²) in [6.07, 6.45) is 3.26. The van der Waals surface area contributed by atoms with Crippen molar-refractivity contribution in [3.63, 3.8) is 0 Å². The Labute approximate surface area is 129 Å². The van der Waals surface area contributed by atoms with Crippen LogP contribution in [0.2, 0.25) is 0 Å². The molecule has 2 rings (SSSR count). The highest BCUT2D eigenvalue weighted by Gasteiger charge is 2.23. The van der Waals surface area contributed by atoms with E-state index in [9.17, 15) is 10.5 Å². The third-order valence-electron chi connectivity index (χ3n) is 3.02. The molecule has 0 amide bonds. The van der Waals surface area contributed by atoms with E-state index < -0.39 is 0 Å². The number of nitrogens with zero attached hydrogens (tertiary/aromatic N) is 5. The highest BCUT2D eigenvalue weighted by molar-refractivity contribution is 5.82. The molecule has 0 unspecified atom stereocenters. The van der Waals surface area contributed by atoms with E-state index >= 15 is 0 Å². The first kappa shape index (κ1) is 15.3. The summed E-state index contributed by atoms with van der Waals surface area (Å²) < 4.78 is 5.49. The van der Waals surface area contributed by atoms with Crippen LogP contribution in [0.3, 0.4) is 0 Å². The summed E-state index contributed by atoms with van der Waals surface area (Å²) in [5.41, 5.74) is 1.76. The Morgan fingerprint density at radius 2 is 1.95 bits per heavy atom. The fourth-order valence-electron chi connectivity index (χ4n) is 2.13. The maximum atomic E-state index is 9.56. The lowest BCUT2D eigenvalue weighted by Crippen LogP contribution is -2.15. The quantitative estimate of drug-likeness (QED) is 0.860. The smallest absolute Gasteiger partial charge is 0.234 e. The predicted octanol–water partition coefficient (Wildman–Crippen LogP) is 2.35. The lowest BCUT2D eigenvalue weighted by Gasteiger charge is -2.19. The Balaban J connectivity index is 2.89. The Morgan fingerprint density at radius 3 is 2.45 bits per heavy atom. The zero-order valence-electron chi connectivity index (χ0n) is 12.7. The first-order chi connectivity index (χ1) is 10.6. The second kappa shape index (κ2) is 6.55. The van der Waals surface area contributed by atoms with Crippen LogP contribution in [0.1, 0.15) is 18.1 Å². The van der Waals surface area contributed by atoms with Gasteiger partial charge in [-0.25, -0.2) is 0 Å². The zero-order chi connectivity index (χ0) is 16.1. The van der Waals surface area contributed by atoms with Gasteiger partial charge >= 0.3 is 0 Å². The number of hydrogen-bond acceptors (Lipinski definition) is 6. The number of nitriles is 2. The normalized spacial score (nSPS) is 9.68. The van der Waals surface area contributed by atoms with Crippen molar-refractivity contribution in [2.24, 2.45) is 0 Å². The molecule has 6 nitrogen and oxygen atoms in total. The van der Waals surface area contributed by atoms with E-state index in [0.717, 1.165) is 0 Å². The Kier molecular flexibility index (Phi) is 4.55. The van der Waals surface area contributed by atoms with Crippen LogP contribution in [0.5, 0.6) is 5.88 Å². The van der Waals surface area contributed by atoms with Gasteiger partial charge in [-0.3, -0.25) is 4.98 Å². The van der Waals surface area contributed by atoms with Crippen LogP contribution in [-0.4, -0.2) is 30.7 Å². The second-order valence-corrected chi connectivity index (χ2v) is 4.66. The zero-order valence-corrected chi connectivity index (χ0v) is 12.7. The summed E-state index contributed by atoms with van der Waals surface area (Å²) in [6.45, 7) is 2.20. The molecule has 0 aliphatic rings. The summed E-state index contributed by atoms with van der Waals surface area (Å²) in [6, 6.07) is 7.82. The molecule has 110 valence electrons. The van der Waals surface area contributed by atoms with E-state index in [-0.39, 0.29) is 11.4 Å². The molecule has 22 heavy (non-hydrogen) atoms. The molecule has 2 aromatic heterocycles. The van der Waals surface area contributed by atoms with Crippen LogP contribution >= 0.6 is 0 Å². The topological polar surface area (TPSA) is 85.8 Å². The fraction of sp³-hybridized carbons (Fsp3) is 0.250. The van der Waals surface area contributed by atoms with E-state index in [1.807, 2.05) is 6.92 Å². The van der Waals surface area contributed by atoms with Crippen molar-refractivity contribution >= 4 is 5.82 Å². The van der Waals surface area contributed by atoms with Crippen molar-refractivity contribution in [1.82, 2.24) is 9.97 Å². The molecule has 2 aromatic rings. The van der Waals surface area contributed by atoms with E-state index in [1.54, 1.807) is 43.5 Å². The molecule has 0 bridgehead atoms. The number of hydrogen-bond donors (Lipinski definition) is 0. The van der Waals surface area contributed by atoms with Crippen LogP contribution in [0.25, 0.3) is 11.1 Å². The summed E-state index contributed by atoms with van der Waals surface area (Å²) in [5, 5.41) is 19.1. The summed E-state index contributed by atoms with van der Waals surface area (Å²) in [4.78, 5) is 10.1. The minimum Gasteiger partial charge on any atom is -0.477 e. The average molecular weight is 293 g/mol. The van der Waals surface area contributed by atoms with E-state index in [2.05, 4.69) is 22.1 Å². The molecule has 2 heterocycles. The lowest BCUT2D eigenvalue weighted by molar-refractivity contribution is 0.326. The molecular formula is C16H15N5O. The molecule has 0 aromatic carbocycles. The molecule has 0 atom stereocenters. The van der Waals surface area contributed by atoms with Gasteiger partial charge in [-0.2, -0.15) is 15.5 Å². The van der Waals surface area contributed by atoms with Crippen LogP contribution in [-0.2, 0) is 0 Å². The molecule has 6 heteroatoms. The van der Waals surface area contributed by atoms with Crippen LogP contribution in [0, 0.1) is 22.7 Å². The molecule has 0 saturated heterocycles. The van der Waals surface area contributed by atoms with Gasteiger partial charge in [0.05, 0.1) is 6.61 Å². The number of rotatable bonds is 4. The SMILES string of the molecule is CCOc1nc(N(C)C)c(C#N)c(-c2cccnc2)c1C#N. The maximum Gasteiger partial charge on any atom is 0.234 e. The highest BCUT2D eigenvalue weighted by atomic mass is 16.5. The van der Waals surface area contributed by atoms with Gasteiger partial charge in [-0.05, 0) is 13.0 Å². The molecule has 0 saturated carbocycles. The first-order valence-corrected chi connectivity index (χ1v) is 6.72. The number of pyridine rings is 2. The van der Waals surface area contributed by atoms with Crippen LogP contribution in [0.15, 0.2) is 24.5 Å². The van der Waals surface area contributed by atoms with Gasteiger partial charge in [0, 0.05) is 37.6 Å². The van der Waals surface area contributed by atoms with Crippen molar-refractivity contribution in [2.45, 2.75) is 6.92 Å². The summed E-state index contributed by atoms with van der Waals surface area (Å²) >= 11 is 0. The van der Waals surface area contributed by atoms with Crippen molar-refractivity contribution in [3.05, 3.63) is 35.7 Å². The van der Waals surface area contributed by atoms with Gasteiger partial charge in [0.15, 0.2) is 5.82 Å². The number of anilines is 1. The molecule has 0 spiro atoms. The lowest BCUT2D eigenvalue weighted by atomic mass is 9.97. The largest absolute Gasteiger partial charge is 0.477 e. The van der Waals surface area contributed by atoms with Gasteiger partial charge in [-0.1, -0.05) is 6.07 Å². The molecule has 0 N–H and O–H groups in total. The van der Waals surface area contributed by atoms with Crippen molar-refractivity contribution in [2.75, 3.05) is 25.6 Å². The van der Waals surface area contributed by atoms with Crippen LogP contribution in [0.4, 0.5) is 5.82 Å². The first-order valence-electron chi connectivity index (χ1n) is 6.72.